The maximum atomic E-state index is 13.0. The molecule has 10 heteroatoms. The second kappa shape index (κ2) is 11.9. The van der Waals surface area contributed by atoms with Crippen LogP contribution in [0.2, 0.25) is 0 Å². The molecule has 0 bridgehead atoms. The van der Waals surface area contributed by atoms with Crippen molar-refractivity contribution in [3.05, 3.63) is 63.8 Å². The highest BCUT2D eigenvalue weighted by atomic mass is 16.5. The van der Waals surface area contributed by atoms with E-state index in [0.29, 0.717) is 36.0 Å². The summed E-state index contributed by atoms with van der Waals surface area (Å²) < 4.78 is 24.9. The van der Waals surface area contributed by atoms with E-state index >= 15 is 0 Å². The van der Waals surface area contributed by atoms with Crippen LogP contribution in [0.5, 0.6) is 23.0 Å². The Morgan fingerprint density at radius 3 is 2.11 bits per heavy atom. The average molecular weight is 514 g/mol. The zero-order valence-electron chi connectivity index (χ0n) is 22.2. The van der Waals surface area contributed by atoms with E-state index < -0.39 is 11.6 Å². The summed E-state index contributed by atoms with van der Waals surface area (Å²) in [7, 11) is 4.64. The summed E-state index contributed by atoms with van der Waals surface area (Å²) in [6.45, 7) is 5.74. The van der Waals surface area contributed by atoms with Crippen LogP contribution in [0, 0.1) is 0 Å². The molecular formula is C27H35N3O7. The van der Waals surface area contributed by atoms with Gasteiger partial charge in [-0.15, -0.1) is 0 Å². The summed E-state index contributed by atoms with van der Waals surface area (Å²) in [6, 6.07) is 11.0. The Morgan fingerprint density at radius 2 is 1.59 bits per heavy atom. The lowest BCUT2D eigenvalue weighted by Gasteiger charge is -2.21. The fourth-order valence-electron chi connectivity index (χ4n) is 4.00. The minimum Gasteiger partial charge on any atom is -0.493 e. The predicted octanol–water partition coefficient (Wildman–Crippen LogP) is 3.56. The number of aliphatic carboxylic acids is 1. The lowest BCUT2D eigenvalue weighted by Crippen LogP contribution is -2.37. The Kier molecular flexibility index (Phi) is 8.86. The first kappa shape index (κ1) is 27.6. The topological polar surface area (TPSA) is 114 Å². The predicted molar refractivity (Wildman–Crippen MR) is 138 cm³/mol. The van der Waals surface area contributed by atoms with E-state index in [1.165, 1.54) is 18.5 Å². The average Bonchev–Trinajstić information content (AvgIpc) is 3.17. The van der Waals surface area contributed by atoms with Gasteiger partial charge in [-0.2, -0.15) is 5.10 Å². The van der Waals surface area contributed by atoms with Crippen molar-refractivity contribution in [3.8, 4) is 23.0 Å². The van der Waals surface area contributed by atoms with Crippen molar-refractivity contribution in [2.75, 3.05) is 21.3 Å². The van der Waals surface area contributed by atoms with Gasteiger partial charge >= 0.3 is 11.7 Å². The van der Waals surface area contributed by atoms with Gasteiger partial charge < -0.3 is 24.1 Å². The largest absolute Gasteiger partial charge is 0.493 e. The quantitative estimate of drug-likeness (QED) is 0.369. The highest BCUT2D eigenvalue weighted by Gasteiger charge is 2.29. The third kappa shape index (κ3) is 6.44. The molecule has 0 unspecified atom stereocenters. The summed E-state index contributed by atoms with van der Waals surface area (Å²) in [6.07, 6.45) is 2.21. The molecule has 0 amide bonds. The highest BCUT2D eigenvalue weighted by molar-refractivity contribution is 5.76. The molecule has 2 aromatic carbocycles. The van der Waals surface area contributed by atoms with Crippen LogP contribution in [0.15, 0.2) is 41.2 Å². The number of carboxylic acids is 1. The molecule has 0 radical (unpaired) electrons. The number of benzene rings is 2. The van der Waals surface area contributed by atoms with Crippen molar-refractivity contribution < 1.29 is 28.8 Å². The van der Waals surface area contributed by atoms with E-state index in [4.69, 9.17) is 18.9 Å². The first-order valence-electron chi connectivity index (χ1n) is 12.1. The molecule has 3 rings (SSSR count). The van der Waals surface area contributed by atoms with Gasteiger partial charge in [0, 0.05) is 13.0 Å². The minimum atomic E-state index is -1.30. The standard InChI is InChI=1S/C27H35N3O7/c1-7-29-23(10-8-9-18-11-13-20(14-12-18)37-27(2,3)25(31)32)28-30(26(29)33)17-19-15-21(34-4)24(36-6)22(16-19)35-5/h11-16H,7-10,17H2,1-6H3,(H,31,32). The molecule has 1 N–H and O–H groups in total. The van der Waals surface area contributed by atoms with Crippen molar-refractivity contribution >= 4 is 5.97 Å². The first-order chi connectivity index (χ1) is 17.6. The van der Waals surface area contributed by atoms with Gasteiger partial charge in [0.05, 0.1) is 27.9 Å². The number of aryl methyl sites for hydroxylation is 2. The van der Waals surface area contributed by atoms with Gasteiger partial charge in [0.15, 0.2) is 17.1 Å². The van der Waals surface area contributed by atoms with E-state index in [1.54, 1.807) is 38.0 Å². The monoisotopic (exact) mass is 513 g/mol. The van der Waals surface area contributed by atoms with Gasteiger partial charge in [0.25, 0.3) is 0 Å². The number of hydrogen-bond donors (Lipinski definition) is 1. The molecule has 1 aromatic heterocycles. The maximum absolute atomic E-state index is 13.0. The van der Waals surface area contributed by atoms with Crippen LogP contribution < -0.4 is 24.6 Å². The lowest BCUT2D eigenvalue weighted by molar-refractivity contribution is -0.152. The molecule has 0 spiro atoms. The summed E-state index contributed by atoms with van der Waals surface area (Å²) >= 11 is 0. The third-order valence-corrected chi connectivity index (χ3v) is 6.05. The van der Waals surface area contributed by atoms with E-state index in [1.807, 2.05) is 31.2 Å². The van der Waals surface area contributed by atoms with Gasteiger partial charge in [-0.25, -0.2) is 14.3 Å². The number of ether oxygens (including phenoxy) is 4. The van der Waals surface area contributed by atoms with Crippen molar-refractivity contribution in [2.45, 2.75) is 58.7 Å². The van der Waals surface area contributed by atoms with Crippen molar-refractivity contribution in [2.24, 2.45) is 0 Å². The third-order valence-electron chi connectivity index (χ3n) is 6.05. The molecule has 0 saturated heterocycles. The zero-order valence-corrected chi connectivity index (χ0v) is 22.2. The smallest absolute Gasteiger partial charge is 0.347 e. The van der Waals surface area contributed by atoms with E-state index in [2.05, 4.69) is 5.10 Å². The molecular weight excluding hydrogens is 478 g/mol. The molecule has 0 atom stereocenters. The van der Waals surface area contributed by atoms with Gasteiger partial charge in [-0.3, -0.25) is 4.57 Å². The summed E-state index contributed by atoms with van der Waals surface area (Å²) in [4.78, 5) is 24.3. The van der Waals surface area contributed by atoms with Crippen molar-refractivity contribution in [1.29, 1.82) is 0 Å². The fraction of sp³-hybridized carbons (Fsp3) is 0.444. The van der Waals surface area contributed by atoms with Crippen molar-refractivity contribution in [3.63, 3.8) is 0 Å². The molecule has 0 aliphatic carbocycles. The Labute approximate surface area is 216 Å². The number of hydrogen-bond acceptors (Lipinski definition) is 7. The van der Waals surface area contributed by atoms with Crippen LogP contribution in [0.1, 0.15) is 44.1 Å². The second-order valence-electron chi connectivity index (χ2n) is 9.05. The van der Waals surface area contributed by atoms with Gasteiger partial charge in [-0.1, -0.05) is 12.1 Å². The van der Waals surface area contributed by atoms with Crippen LogP contribution in [0.4, 0.5) is 0 Å². The number of aromatic nitrogens is 3. The van der Waals surface area contributed by atoms with Crippen LogP contribution in [-0.4, -0.2) is 52.4 Å². The Morgan fingerprint density at radius 1 is 0.973 bits per heavy atom. The molecule has 37 heavy (non-hydrogen) atoms. The van der Waals surface area contributed by atoms with Gasteiger partial charge in [0.2, 0.25) is 5.75 Å². The minimum absolute atomic E-state index is 0.172. The molecule has 200 valence electrons. The number of carboxylic acid groups (broad SMARTS) is 1. The lowest BCUT2D eigenvalue weighted by atomic mass is 10.1. The zero-order chi connectivity index (χ0) is 27.2. The van der Waals surface area contributed by atoms with E-state index in [0.717, 1.165) is 29.8 Å². The summed E-state index contributed by atoms with van der Waals surface area (Å²) in [5.74, 6) is 1.73. The van der Waals surface area contributed by atoms with Crippen molar-refractivity contribution in [1.82, 2.24) is 14.3 Å². The molecule has 0 saturated carbocycles. The maximum Gasteiger partial charge on any atom is 0.347 e. The van der Waals surface area contributed by atoms with E-state index in [-0.39, 0.29) is 12.2 Å². The summed E-state index contributed by atoms with van der Waals surface area (Å²) in [5.41, 5.74) is 0.417. The SMILES string of the molecule is CCn1c(CCCc2ccc(OC(C)(C)C(=O)O)cc2)nn(Cc2cc(OC)c(OC)c(OC)c2)c1=O. The molecule has 10 nitrogen and oxygen atoms in total. The molecule has 1 heterocycles. The highest BCUT2D eigenvalue weighted by Crippen LogP contribution is 2.38. The fourth-order valence-corrected chi connectivity index (χ4v) is 4.00. The van der Waals surface area contributed by atoms with Gasteiger partial charge in [-0.05, 0) is 69.0 Å². The number of methoxy groups -OCH3 is 3. The second-order valence-corrected chi connectivity index (χ2v) is 9.05. The molecule has 0 aliphatic rings. The first-order valence-corrected chi connectivity index (χ1v) is 12.1. The molecule has 3 aromatic rings. The Hall–Kier alpha value is -3.95. The van der Waals surface area contributed by atoms with Gasteiger partial charge in [0.1, 0.15) is 11.6 Å². The van der Waals surface area contributed by atoms with Crippen LogP contribution in [-0.2, 0) is 30.7 Å². The number of carbonyl (C=O) groups is 1. The number of rotatable bonds is 13. The normalized spacial score (nSPS) is 11.3. The van der Waals surface area contributed by atoms with Crippen LogP contribution in [0.25, 0.3) is 0 Å². The van der Waals surface area contributed by atoms with Crippen LogP contribution in [0.3, 0.4) is 0 Å². The van der Waals surface area contributed by atoms with E-state index in [9.17, 15) is 14.7 Å². The van der Waals surface area contributed by atoms with Crippen LogP contribution >= 0.6 is 0 Å². The number of nitrogens with zero attached hydrogens (tertiary/aromatic N) is 3. The molecule has 0 fully saturated rings. The summed E-state index contributed by atoms with van der Waals surface area (Å²) in [5, 5.41) is 13.8. The molecule has 0 aliphatic heterocycles. The Bertz CT molecular complexity index is 1250. The Balaban J connectivity index is 1.69.